The Hall–Kier alpha value is -4.07. The fourth-order valence-electron chi connectivity index (χ4n) is 4.31. The van der Waals surface area contributed by atoms with Crippen molar-refractivity contribution in [2.75, 3.05) is 18.8 Å². The Balaban J connectivity index is 1.51. The summed E-state index contributed by atoms with van der Waals surface area (Å²) in [6, 6.07) is 17.3. The van der Waals surface area contributed by atoms with E-state index >= 15 is 0 Å². The molecule has 0 bridgehead atoms. The van der Waals surface area contributed by atoms with Gasteiger partial charge in [-0.1, -0.05) is 18.2 Å². The zero-order chi connectivity index (χ0) is 22.1. The van der Waals surface area contributed by atoms with Gasteiger partial charge in [-0.2, -0.15) is 0 Å². The van der Waals surface area contributed by atoms with Gasteiger partial charge in [0.05, 0.1) is 5.52 Å². The van der Waals surface area contributed by atoms with E-state index in [1.807, 2.05) is 65.4 Å². The standard InChI is InChI=1S/C24H23N5O3/c25-23-22-21(26-15-27-23)20(16-5-4-12-28(13-16)24(30)31)14-29(22)17-8-10-19(11-9-17)32-18-6-2-1-3-7-18/h1-3,6-11,14-16H,4-5,12-13H2,(H,30,31)(H2,25,26,27). The molecule has 2 aromatic carbocycles. The molecular weight excluding hydrogens is 406 g/mol. The van der Waals surface area contributed by atoms with Crippen molar-refractivity contribution in [1.29, 1.82) is 0 Å². The van der Waals surface area contributed by atoms with E-state index in [0.29, 0.717) is 18.9 Å². The summed E-state index contributed by atoms with van der Waals surface area (Å²) in [6.07, 6.45) is 4.30. The number of piperidine rings is 1. The number of aromatic nitrogens is 3. The summed E-state index contributed by atoms with van der Waals surface area (Å²) in [6.45, 7) is 1.01. The van der Waals surface area contributed by atoms with E-state index in [1.54, 1.807) is 0 Å². The number of ether oxygens (including phenoxy) is 1. The fraction of sp³-hybridized carbons (Fsp3) is 0.208. The molecule has 4 aromatic rings. The topological polar surface area (TPSA) is 107 Å². The molecule has 1 fully saturated rings. The minimum atomic E-state index is -0.887. The fourth-order valence-corrected chi connectivity index (χ4v) is 4.31. The van der Waals surface area contributed by atoms with Gasteiger partial charge < -0.3 is 25.0 Å². The normalized spacial score (nSPS) is 16.2. The van der Waals surface area contributed by atoms with Crippen molar-refractivity contribution in [2.24, 2.45) is 0 Å². The largest absolute Gasteiger partial charge is 0.465 e. The van der Waals surface area contributed by atoms with Gasteiger partial charge in [-0.05, 0) is 49.2 Å². The van der Waals surface area contributed by atoms with E-state index < -0.39 is 6.09 Å². The molecule has 3 N–H and O–H groups in total. The Morgan fingerprint density at radius 2 is 1.81 bits per heavy atom. The van der Waals surface area contributed by atoms with Crippen molar-refractivity contribution in [2.45, 2.75) is 18.8 Å². The third kappa shape index (κ3) is 3.71. The number of para-hydroxylation sites is 1. The summed E-state index contributed by atoms with van der Waals surface area (Å²) < 4.78 is 7.87. The van der Waals surface area contributed by atoms with Crippen LogP contribution in [0.3, 0.4) is 0 Å². The van der Waals surface area contributed by atoms with Gasteiger partial charge in [-0.3, -0.25) is 0 Å². The van der Waals surface area contributed by atoms with Gasteiger partial charge in [0.1, 0.15) is 23.3 Å². The van der Waals surface area contributed by atoms with Crippen molar-refractivity contribution in [3.8, 4) is 17.2 Å². The number of carboxylic acid groups (broad SMARTS) is 1. The number of carbonyl (C=O) groups is 1. The second-order valence-corrected chi connectivity index (χ2v) is 7.89. The third-order valence-corrected chi connectivity index (χ3v) is 5.86. The number of fused-ring (bicyclic) bond motifs is 1. The highest BCUT2D eigenvalue weighted by Gasteiger charge is 2.28. The first-order chi connectivity index (χ1) is 15.6. The number of hydrogen-bond acceptors (Lipinski definition) is 5. The molecule has 0 radical (unpaired) electrons. The summed E-state index contributed by atoms with van der Waals surface area (Å²) in [5, 5.41) is 9.44. The van der Waals surface area contributed by atoms with Crippen LogP contribution in [0.25, 0.3) is 16.7 Å². The molecule has 1 aliphatic rings. The molecule has 0 spiro atoms. The molecule has 3 heterocycles. The van der Waals surface area contributed by atoms with Crippen LogP contribution >= 0.6 is 0 Å². The van der Waals surface area contributed by atoms with Gasteiger partial charge in [0.2, 0.25) is 0 Å². The highest BCUT2D eigenvalue weighted by atomic mass is 16.5. The molecule has 1 atom stereocenters. The van der Waals surface area contributed by atoms with Crippen LogP contribution in [-0.4, -0.2) is 43.7 Å². The quantitative estimate of drug-likeness (QED) is 0.489. The van der Waals surface area contributed by atoms with Crippen molar-refractivity contribution < 1.29 is 14.6 Å². The van der Waals surface area contributed by atoms with E-state index in [1.165, 1.54) is 11.2 Å². The monoisotopic (exact) mass is 429 g/mol. The number of benzene rings is 2. The van der Waals surface area contributed by atoms with E-state index in [2.05, 4.69) is 9.97 Å². The molecule has 1 unspecified atom stereocenters. The van der Waals surface area contributed by atoms with Gasteiger partial charge in [0.25, 0.3) is 0 Å². The van der Waals surface area contributed by atoms with E-state index in [-0.39, 0.29) is 5.92 Å². The van der Waals surface area contributed by atoms with Crippen LogP contribution in [0.2, 0.25) is 0 Å². The predicted octanol–water partition coefficient (Wildman–Crippen LogP) is 4.65. The Kier molecular flexibility index (Phi) is 5.10. The Morgan fingerprint density at radius 1 is 1.06 bits per heavy atom. The minimum Gasteiger partial charge on any atom is -0.465 e. The highest BCUT2D eigenvalue weighted by Crippen LogP contribution is 2.35. The number of amides is 1. The molecule has 32 heavy (non-hydrogen) atoms. The minimum absolute atomic E-state index is 0.0542. The lowest BCUT2D eigenvalue weighted by molar-refractivity contribution is 0.130. The predicted molar refractivity (Wildman–Crippen MR) is 121 cm³/mol. The maximum absolute atomic E-state index is 11.5. The summed E-state index contributed by atoms with van der Waals surface area (Å²) in [5.41, 5.74) is 9.62. The maximum atomic E-state index is 11.5. The van der Waals surface area contributed by atoms with Crippen LogP contribution in [0, 0.1) is 0 Å². The third-order valence-electron chi connectivity index (χ3n) is 5.86. The van der Waals surface area contributed by atoms with Gasteiger partial charge in [-0.25, -0.2) is 14.8 Å². The lowest BCUT2D eigenvalue weighted by atomic mass is 9.92. The summed E-state index contributed by atoms with van der Waals surface area (Å²) in [7, 11) is 0. The number of anilines is 1. The van der Waals surface area contributed by atoms with Gasteiger partial charge >= 0.3 is 6.09 Å². The molecule has 0 saturated carbocycles. The van der Waals surface area contributed by atoms with Crippen LogP contribution in [0.15, 0.2) is 67.1 Å². The first kappa shape index (κ1) is 19.9. The van der Waals surface area contributed by atoms with Gasteiger partial charge in [-0.15, -0.1) is 0 Å². The van der Waals surface area contributed by atoms with E-state index in [0.717, 1.165) is 46.6 Å². The molecule has 0 aliphatic carbocycles. The number of rotatable bonds is 4. The molecule has 8 nitrogen and oxygen atoms in total. The molecule has 162 valence electrons. The van der Waals surface area contributed by atoms with Crippen LogP contribution in [0.5, 0.6) is 11.5 Å². The van der Waals surface area contributed by atoms with Crippen molar-refractivity contribution >= 4 is 22.9 Å². The van der Waals surface area contributed by atoms with Crippen LogP contribution in [-0.2, 0) is 0 Å². The zero-order valence-corrected chi connectivity index (χ0v) is 17.4. The zero-order valence-electron chi connectivity index (χ0n) is 17.4. The van der Waals surface area contributed by atoms with Gasteiger partial charge in [0.15, 0.2) is 5.82 Å². The maximum Gasteiger partial charge on any atom is 0.407 e. The number of nitrogens with two attached hydrogens (primary N) is 1. The lowest BCUT2D eigenvalue weighted by Gasteiger charge is -2.30. The van der Waals surface area contributed by atoms with Crippen LogP contribution < -0.4 is 10.5 Å². The lowest BCUT2D eigenvalue weighted by Crippen LogP contribution is -2.38. The smallest absolute Gasteiger partial charge is 0.407 e. The number of likely N-dealkylation sites (tertiary alicyclic amines) is 1. The first-order valence-electron chi connectivity index (χ1n) is 10.5. The van der Waals surface area contributed by atoms with E-state index in [4.69, 9.17) is 10.5 Å². The molecular formula is C24H23N5O3. The molecule has 1 amide bonds. The van der Waals surface area contributed by atoms with Gasteiger partial charge in [0, 0.05) is 36.5 Å². The number of hydrogen-bond donors (Lipinski definition) is 2. The molecule has 1 saturated heterocycles. The molecule has 1 aliphatic heterocycles. The second kappa shape index (κ2) is 8.22. The van der Waals surface area contributed by atoms with Crippen LogP contribution in [0.4, 0.5) is 10.6 Å². The Morgan fingerprint density at radius 3 is 2.56 bits per heavy atom. The van der Waals surface area contributed by atoms with Crippen molar-refractivity contribution in [3.05, 3.63) is 72.7 Å². The Labute approximate surface area is 184 Å². The van der Waals surface area contributed by atoms with Crippen molar-refractivity contribution in [3.63, 3.8) is 0 Å². The molecule has 8 heteroatoms. The summed E-state index contributed by atoms with van der Waals surface area (Å²) in [5.74, 6) is 1.94. The number of nitrogen functional groups attached to an aromatic ring is 1. The molecule has 5 rings (SSSR count). The first-order valence-corrected chi connectivity index (χ1v) is 10.5. The van der Waals surface area contributed by atoms with Crippen LogP contribution in [0.1, 0.15) is 24.3 Å². The average molecular weight is 429 g/mol. The van der Waals surface area contributed by atoms with Crippen molar-refractivity contribution in [1.82, 2.24) is 19.4 Å². The SMILES string of the molecule is Nc1ncnc2c(C3CCCN(C(=O)O)C3)cn(-c3ccc(Oc4ccccc4)cc3)c12. The summed E-state index contributed by atoms with van der Waals surface area (Å²) >= 11 is 0. The molecule has 2 aromatic heterocycles. The van der Waals surface area contributed by atoms with E-state index in [9.17, 15) is 9.90 Å². The summed E-state index contributed by atoms with van der Waals surface area (Å²) in [4.78, 5) is 21.7. The highest BCUT2D eigenvalue weighted by molar-refractivity contribution is 5.90. The second-order valence-electron chi connectivity index (χ2n) is 7.89. The average Bonchev–Trinajstić information content (AvgIpc) is 3.21. The number of nitrogens with zero attached hydrogens (tertiary/aromatic N) is 4. The Bertz CT molecular complexity index is 1250.